The van der Waals surface area contributed by atoms with Crippen molar-refractivity contribution in [2.45, 2.75) is 32.4 Å². The summed E-state index contributed by atoms with van der Waals surface area (Å²) in [5.74, 6) is 0.758. The molecule has 1 atom stereocenters. The minimum atomic E-state index is -0.421. The number of aromatic nitrogens is 1. The van der Waals surface area contributed by atoms with E-state index in [9.17, 15) is 5.11 Å². The molecule has 0 amide bonds. The van der Waals surface area contributed by atoms with Gasteiger partial charge in [0.05, 0.1) is 12.7 Å². The summed E-state index contributed by atoms with van der Waals surface area (Å²) in [6.45, 7) is 4.51. The summed E-state index contributed by atoms with van der Waals surface area (Å²) in [6, 6.07) is 0. The van der Waals surface area contributed by atoms with Crippen LogP contribution in [0.15, 0.2) is 5.38 Å². The van der Waals surface area contributed by atoms with Gasteiger partial charge in [-0.2, -0.15) is 0 Å². The zero-order valence-electron chi connectivity index (χ0n) is 10.2. The van der Waals surface area contributed by atoms with E-state index in [0.29, 0.717) is 13.2 Å². The number of aliphatic hydroxyl groups is 1. The van der Waals surface area contributed by atoms with Crippen molar-refractivity contribution < 1.29 is 9.84 Å². The number of ether oxygens (including phenoxy) is 1. The number of nitrogens with zero attached hydrogens (tertiary/aromatic N) is 1. The van der Waals surface area contributed by atoms with E-state index in [4.69, 9.17) is 4.74 Å². The first-order valence-electron chi connectivity index (χ1n) is 6.11. The zero-order valence-corrected chi connectivity index (χ0v) is 11.0. The van der Waals surface area contributed by atoms with Crippen LogP contribution in [0.4, 0.5) is 0 Å². The van der Waals surface area contributed by atoms with E-state index < -0.39 is 6.10 Å². The minimum absolute atomic E-state index is 0.421. The van der Waals surface area contributed by atoms with Crippen LogP contribution in [-0.2, 0) is 11.3 Å². The number of nitrogens with one attached hydrogen (secondary N) is 1. The molecule has 0 bridgehead atoms. The van der Waals surface area contributed by atoms with Gasteiger partial charge in [-0.25, -0.2) is 4.98 Å². The fourth-order valence-electron chi connectivity index (χ4n) is 1.54. The molecule has 5 heteroatoms. The number of aryl methyl sites for hydroxylation is 1. The molecule has 1 saturated carbocycles. The van der Waals surface area contributed by atoms with Crippen molar-refractivity contribution in [1.29, 1.82) is 0 Å². The number of thiazole rings is 1. The van der Waals surface area contributed by atoms with E-state index in [2.05, 4.69) is 10.3 Å². The van der Waals surface area contributed by atoms with Crippen LogP contribution in [-0.4, -0.2) is 36.0 Å². The molecule has 17 heavy (non-hydrogen) atoms. The van der Waals surface area contributed by atoms with Crippen LogP contribution in [0.2, 0.25) is 0 Å². The van der Waals surface area contributed by atoms with Crippen molar-refractivity contribution in [1.82, 2.24) is 10.3 Å². The van der Waals surface area contributed by atoms with Gasteiger partial charge >= 0.3 is 0 Å². The van der Waals surface area contributed by atoms with E-state index in [1.807, 2.05) is 12.3 Å². The summed E-state index contributed by atoms with van der Waals surface area (Å²) in [7, 11) is 0. The highest BCUT2D eigenvalue weighted by Crippen LogP contribution is 2.28. The summed E-state index contributed by atoms with van der Waals surface area (Å²) in [6.07, 6.45) is 2.16. The minimum Gasteiger partial charge on any atom is -0.389 e. The maximum atomic E-state index is 9.66. The summed E-state index contributed by atoms with van der Waals surface area (Å²) >= 11 is 1.64. The summed E-state index contributed by atoms with van der Waals surface area (Å²) in [5.41, 5.74) is 1.06. The molecule has 0 aromatic carbocycles. The molecule has 0 saturated heterocycles. The molecule has 1 fully saturated rings. The van der Waals surface area contributed by atoms with Crippen LogP contribution in [0.1, 0.15) is 23.5 Å². The molecule has 2 N–H and O–H groups in total. The molecular weight excluding hydrogens is 236 g/mol. The molecule has 1 aromatic heterocycles. The number of rotatable bonds is 8. The van der Waals surface area contributed by atoms with Gasteiger partial charge in [0.15, 0.2) is 0 Å². The van der Waals surface area contributed by atoms with Gasteiger partial charge in [-0.15, -0.1) is 11.3 Å². The normalized spacial score (nSPS) is 17.3. The molecule has 4 nitrogen and oxygen atoms in total. The van der Waals surface area contributed by atoms with Gasteiger partial charge in [-0.05, 0) is 25.7 Å². The van der Waals surface area contributed by atoms with E-state index in [1.165, 1.54) is 12.8 Å². The van der Waals surface area contributed by atoms with Crippen molar-refractivity contribution in [2.75, 3.05) is 19.8 Å². The highest BCUT2D eigenvalue weighted by atomic mass is 32.1. The van der Waals surface area contributed by atoms with E-state index >= 15 is 0 Å². The third-order valence-corrected chi connectivity index (χ3v) is 3.65. The predicted octanol–water partition coefficient (Wildman–Crippen LogP) is 1.33. The fourth-order valence-corrected chi connectivity index (χ4v) is 2.29. The lowest BCUT2D eigenvalue weighted by Gasteiger charge is -2.11. The van der Waals surface area contributed by atoms with Gasteiger partial charge in [0.2, 0.25) is 0 Å². The van der Waals surface area contributed by atoms with Crippen LogP contribution < -0.4 is 5.32 Å². The lowest BCUT2D eigenvalue weighted by molar-refractivity contribution is 0.0324. The Morgan fingerprint density at radius 1 is 1.65 bits per heavy atom. The van der Waals surface area contributed by atoms with Gasteiger partial charge in [0.25, 0.3) is 0 Å². The summed E-state index contributed by atoms with van der Waals surface area (Å²) in [4.78, 5) is 4.34. The average molecular weight is 256 g/mol. The third kappa shape index (κ3) is 5.12. The Kier molecular flexibility index (Phi) is 4.91. The van der Waals surface area contributed by atoms with Crippen LogP contribution in [0.3, 0.4) is 0 Å². The third-order valence-electron chi connectivity index (χ3n) is 2.68. The lowest BCUT2D eigenvalue weighted by atomic mass is 10.3. The van der Waals surface area contributed by atoms with Crippen LogP contribution >= 0.6 is 11.3 Å². The lowest BCUT2D eigenvalue weighted by Crippen LogP contribution is -2.30. The molecule has 96 valence electrons. The molecule has 1 unspecified atom stereocenters. The molecule has 0 radical (unpaired) electrons. The quantitative estimate of drug-likeness (QED) is 0.737. The van der Waals surface area contributed by atoms with Crippen molar-refractivity contribution >= 4 is 11.3 Å². The van der Waals surface area contributed by atoms with Crippen LogP contribution in [0.25, 0.3) is 0 Å². The Morgan fingerprint density at radius 3 is 3.12 bits per heavy atom. The van der Waals surface area contributed by atoms with Gasteiger partial charge in [0.1, 0.15) is 5.01 Å². The number of hydrogen-bond acceptors (Lipinski definition) is 5. The van der Waals surface area contributed by atoms with Crippen LogP contribution in [0, 0.1) is 12.8 Å². The molecule has 1 aliphatic carbocycles. The van der Waals surface area contributed by atoms with Gasteiger partial charge in [-0.3, -0.25) is 0 Å². The Hall–Kier alpha value is -0.490. The second-order valence-electron chi connectivity index (χ2n) is 4.65. The van der Waals surface area contributed by atoms with Crippen molar-refractivity contribution in [2.24, 2.45) is 5.92 Å². The van der Waals surface area contributed by atoms with Gasteiger partial charge in [-0.1, -0.05) is 0 Å². The molecule has 1 aliphatic rings. The number of hydrogen-bond donors (Lipinski definition) is 2. The smallest absolute Gasteiger partial charge is 0.107 e. The highest BCUT2D eigenvalue weighted by molar-refractivity contribution is 7.09. The molecular formula is C12H20N2O2S. The topological polar surface area (TPSA) is 54.4 Å². The molecule has 0 aliphatic heterocycles. The average Bonchev–Trinajstić information content (AvgIpc) is 3.02. The highest BCUT2D eigenvalue weighted by Gasteiger charge is 2.21. The summed E-state index contributed by atoms with van der Waals surface area (Å²) < 4.78 is 5.42. The van der Waals surface area contributed by atoms with E-state index in [0.717, 1.165) is 29.8 Å². The van der Waals surface area contributed by atoms with Gasteiger partial charge < -0.3 is 15.2 Å². The Morgan fingerprint density at radius 2 is 2.47 bits per heavy atom. The first-order valence-corrected chi connectivity index (χ1v) is 6.99. The molecule has 1 aromatic rings. The predicted molar refractivity (Wildman–Crippen MR) is 68.1 cm³/mol. The molecule has 1 heterocycles. The second-order valence-corrected chi connectivity index (χ2v) is 5.59. The van der Waals surface area contributed by atoms with Crippen molar-refractivity contribution in [3.05, 3.63) is 16.1 Å². The zero-order chi connectivity index (χ0) is 12.1. The first-order chi connectivity index (χ1) is 8.24. The molecule has 0 spiro atoms. The van der Waals surface area contributed by atoms with E-state index in [1.54, 1.807) is 11.3 Å². The molecule has 2 rings (SSSR count). The standard InChI is InChI=1S/C12H20N2O2S/c1-9-8-17-12(14-9)5-13-4-11(15)7-16-6-10-2-3-10/h8,10-11,13,15H,2-7H2,1H3. The monoisotopic (exact) mass is 256 g/mol. The SMILES string of the molecule is Cc1csc(CNCC(O)COCC2CC2)n1. The number of aliphatic hydroxyl groups excluding tert-OH is 1. The summed E-state index contributed by atoms with van der Waals surface area (Å²) in [5, 5.41) is 15.9. The van der Waals surface area contributed by atoms with Crippen molar-refractivity contribution in [3.63, 3.8) is 0 Å². The van der Waals surface area contributed by atoms with E-state index in [-0.39, 0.29) is 0 Å². The van der Waals surface area contributed by atoms with Gasteiger partial charge in [0, 0.05) is 30.8 Å². The Balaban J connectivity index is 1.51. The largest absolute Gasteiger partial charge is 0.389 e. The Bertz CT molecular complexity index is 339. The maximum absolute atomic E-state index is 9.66. The fraction of sp³-hybridized carbons (Fsp3) is 0.750. The second kappa shape index (κ2) is 6.44. The van der Waals surface area contributed by atoms with Crippen LogP contribution in [0.5, 0.6) is 0 Å². The van der Waals surface area contributed by atoms with Crippen molar-refractivity contribution in [3.8, 4) is 0 Å². The first kappa shape index (κ1) is 13.0. The Labute approximate surface area is 106 Å². The maximum Gasteiger partial charge on any atom is 0.107 e.